The molecule has 122 valence electrons. The molecule has 1 aliphatic rings. The van der Waals surface area contributed by atoms with Crippen molar-refractivity contribution >= 4 is 11.8 Å². The second-order valence-electron chi connectivity index (χ2n) is 5.57. The van der Waals surface area contributed by atoms with Crippen LogP contribution in [0.5, 0.6) is 0 Å². The summed E-state index contributed by atoms with van der Waals surface area (Å²) in [7, 11) is 1.67. The van der Waals surface area contributed by atoms with E-state index in [9.17, 15) is 14.7 Å². The summed E-state index contributed by atoms with van der Waals surface area (Å²) in [4.78, 5) is 31.2. The Kier molecular flexibility index (Phi) is 5.48. The van der Waals surface area contributed by atoms with Crippen molar-refractivity contribution in [2.75, 3.05) is 26.7 Å². The van der Waals surface area contributed by atoms with Gasteiger partial charge in [-0.15, -0.1) is 0 Å². The summed E-state index contributed by atoms with van der Waals surface area (Å²) in [5.41, 5.74) is 0. The van der Waals surface area contributed by atoms with E-state index in [-0.39, 0.29) is 18.4 Å². The van der Waals surface area contributed by atoms with Crippen LogP contribution in [-0.4, -0.2) is 69.6 Å². The second-order valence-corrected chi connectivity index (χ2v) is 5.57. The molecule has 1 aromatic rings. The lowest BCUT2D eigenvalue weighted by Gasteiger charge is -2.24. The molecular formula is C14H22N4O4. The molecule has 1 aliphatic heterocycles. The number of hydrogen-bond acceptors (Lipinski definition) is 6. The maximum absolute atomic E-state index is 12.2. The molecule has 2 rings (SSSR count). The van der Waals surface area contributed by atoms with Gasteiger partial charge >= 0.3 is 0 Å². The maximum atomic E-state index is 12.2. The predicted octanol–water partition coefficient (Wildman–Crippen LogP) is -0.248. The summed E-state index contributed by atoms with van der Waals surface area (Å²) in [6.45, 7) is 2.67. The molecule has 0 aromatic carbocycles. The Morgan fingerprint density at radius 1 is 1.50 bits per heavy atom. The number of nitrogens with zero attached hydrogens (tertiary/aromatic N) is 4. The van der Waals surface area contributed by atoms with Crippen LogP contribution in [0.1, 0.15) is 31.0 Å². The van der Waals surface area contributed by atoms with Crippen LogP contribution in [-0.2, 0) is 16.0 Å². The van der Waals surface area contributed by atoms with Crippen LogP contribution in [0.4, 0.5) is 0 Å². The van der Waals surface area contributed by atoms with E-state index in [0.29, 0.717) is 37.6 Å². The minimum atomic E-state index is -0.983. The Balaban J connectivity index is 1.83. The number of aryl methyl sites for hydroxylation is 1. The van der Waals surface area contributed by atoms with Gasteiger partial charge in [0.2, 0.25) is 11.8 Å². The summed E-state index contributed by atoms with van der Waals surface area (Å²) in [5, 5.41) is 13.5. The Morgan fingerprint density at radius 2 is 2.27 bits per heavy atom. The molecule has 0 bridgehead atoms. The standard InChI is InChI=1S/C14H22N4O4/c1-10-15-12(16-22-10)6-8-17(2)13(20)9-18-7-4-3-5-11(19)14(18)21/h11,19H,3-9H2,1-2H3. The van der Waals surface area contributed by atoms with Gasteiger partial charge in [-0.05, 0) is 19.3 Å². The van der Waals surface area contributed by atoms with Crippen molar-refractivity contribution in [1.82, 2.24) is 19.9 Å². The Labute approximate surface area is 129 Å². The number of likely N-dealkylation sites (N-methyl/N-ethyl adjacent to an activating group) is 1. The number of hydrogen-bond donors (Lipinski definition) is 1. The van der Waals surface area contributed by atoms with Gasteiger partial charge in [-0.25, -0.2) is 0 Å². The molecule has 0 saturated carbocycles. The van der Waals surface area contributed by atoms with Gasteiger partial charge in [-0.1, -0.05) is 5.16 Å². The van der Waals surface area contributed by atoms with Crippen molar-refractivity contribution in [3.63, 3.8) is 0 Å². The van der Waals surface area contributed by atoms with E-state index >= 15 is 0 Å². The van der Waals surface area contributed by atoms with Crippen LogP contribution in [0.2, 0.25) is 0 Å². The largest absolute Gasteiger partial charge is 0.383 e. The van der Waals surface area contributed by atoms with Crippen LogP contribution in [0.25, 0.3) is 0 Å². The molecule has 8 heteroatoms. The highest BCUT2D eigenvalue weighted by Gasteiger charge is 2.27. The highest BCUT2D eigenvalue weighted by molar-refractivity contribution is 5.87. The van der Waals surface area contributed by atoms with Crippen molar-refractivity contribution in [1.29, 1.82) is 0 Å². The van der Waals surface area contributed by atoms with Crippen LogP contribution >= 0.6 is 0 Å². The van der Waals surface area contributed by atoms with E-state index in [1.807, 2.05) is 0 Å². The van der Waals surface area contributed by atoms with Crippen molar-refractivity contribution in [2.24, 2.45) is 0 Å². The number of aliphatic hydroxyl groups is 1. The molecule has 0 aliphatic carbocycles. The molecule has 0 radical (unpaired) electrons. The van der Waals surface area contributed by atoms with E-state index in [1.54, 1.807) is 14.0 Å². The number of carbonyl (C=O) groups excluding carboxylic acids is 2. The summed E-state index contributed by atoms with van der Waals surface area (Å²) < 4.78 is 4.87. The highest BCUT2D eigenvalue weighted by atomic mass is 16.5. The van der Waals surface area contributed by atoms with Gasteiger partial charge in [0.25, 0.3) is 5.91 Å². The Hall–Kier alpha value is -1.96. The van der Waals surface area contributed by atoms with Gasteiger partial charge < -0.3 is 19.4 Å². The lowest BCUT2D eigenvalue weighted by atomic mass is 10.2. The Morgan fingerprint density at radius 3 is 2.95 bits per heavy atom. The molecular weight excluding hydrogens is 288 g/mol. The molecule has 1 aromatic heterocycles. The zero-order valence-electron chi connectivity index (χ0n) is 13.0. The van der Waals surface area contributed by atoms with E-state index < -0.39 is 6.10 Å². The fraction of sp³-hybridized carbons (Fsp3) is 0.714. The van der Waals surface area contributed by atoms with Gasteiger partial charge in [-0.2, -0.15) is 4.98 Å². The predicted molar refractivity (Wildman–Crippen MR) is 76.8 cm³/mol. The van der Waals surface area contributed by atoms with Gasteiger partial charge in [0, 0.05) is 33.5 Å². The van der Waals surface area contributed by atoms with Crippen LogP contribution in [0.15, 0.2) is 4.52 Å². The monoisotopic (exact) mass is 310 g/mol. The summed E-state index contributed by atoms with van der Waals surface area (Å²) >= 11 is 0. The SMILES string of the molecule is Cc1nc(CCN(C)C(=O)CN2CCCCC(O)C2=O)no1. The lowest BCUT2D eigenvalue weighted by Crippen LogP contribution is -2.45. The van der Waals surface area contributed by atoms with Crippen molar-refractivity contribution < 1.29 is 19.2 Å². The Bertz CT molecular complexity index is 531. The molecule has 1 unspecified atom stereocenters. The average Bonchev–Trinajstić information content (AvgIpc) is 2.85. The number of aliphatic hydroxyl groups excluding tert-OH is 1. The minimum Gasteiger partial charge on any atom is -0.383 e. The molecule has 8 nitrogen and oxygen atoms in total. The molecule has 1 atom stereocenters. The van der Waals surface area contributed by atoms with E-state index in [1.165, 1.54) is 9.80 Å². The third-order valence-corrected chi connectivity index (χ3v) is 3.74. The first-order chi connectivity index (χ1) is 10.5. The van der Waals surface area contributed by atoms with E-state index in [0.717, 1.165) is 12.8 Å². The van der Waals surface area contributed by atoms with Crippen molar-refractivity contribution in [2.45, 2.75) is 38.7 Å². The number of carbonyl (C=O) groups is 2. The van der Waals surface area contributed by atoms with E-state index in [2.05, 4.69) is 10.1 Å². The normalized spacial score (nSPS) is 19.1. The topological polar surface area (TPSA) is 99.8 Å². The minimum absolute atomic E-state index is 0.00232. The maximum Gasteiger partial charge on any atom is 0.251 e. The van der Waals surface area contributed by atoms with Crippen molar-refractivity contribution in [3.05, 3.63) is 11.7 Å². The van der Waals surface area contributed by atoms with Crippen LogP contribution < -0.4 is 0 Å². The first kappa shape index (κ1) is 16.4. The fourth-order valence-corrected chi connectivity index (χ4v) is 2.36. The zero-order valence-corrected chi connectivity index (χ0v) is 13.0. The van der Waals surface area contributed by atoms with Crippen LogP contribution in [0.3, 0.4) is 0 Å². The van der Waals surface area contributed by atoms with Crippen LogP contribution in [0, 0.1) is 6.92 Å². The summed E-state index contributed by atoms with van der Waals surface area (Å²) in [5.74, 6) is 0.530. The summed E-state index contributed by atoms with van der Waals surface area (Å²) in [6, 6.07) is 0. The fourth-order valence-electron chi connectivity index (χ4n) is 2.36. The number of rotatable bonds is 5. The highest BCUT2D eigenvalue weighted by Crippen LogP contribution is 2.12. The van der Waals surface area contributed by atoms with Gasteiger partial charge in [0.1, 0.15) is 6.10 Å². The van der Waals surface area contributed by atoms with Gasteiger partial charge in [0.15, 0.2) is 5.82 Å². The number of amides is 2. The van der Waals surface area contributed by atoms with Crippen molar-refractivity contribution in [3.8, 4) is 0 Å². The molecule has 0 spiro atoms. The number of likely N-dealkylation sites (tertiary alicyclic amines) is 1. The molecule has 1 saturated heterocycles. The third-order valence-electron chi connectivity index (χ3n) is 3.74. The van der Waals surface area contributed by atoms with Gasteiger partial charge in [0.05, 0.1) is 6.54 Å². The molecule has 1 N–H and O–H groups in total. The molecule has 2 amide bonds. The summed E-state index contributed by atoms with van der Waals surface area (Å²) in [6.07, 6.45) is 1.59. The zero-order chi connectivity index (χ0) is 16.1. The second kappa shape index (κ2) is 7.35. The third kappa shape index (κ3) is 4.27. The lowest BCUT2D eigenvalue weighted by molar-refractivity contribution is -0.144. The number of aromatic nitrogens is 2. The first-order valence-electron chi connectivity index (χ1n) is 7.47. The molecule has 22 heavy (non-hydrogen) atoms. The first-order valence-corrected chi connectivity index (χ1v) is 7.47. The van der Waals surface area contributed by atoms with E-state index in [4.69, 9.17) is 4.52 Å². The average molecular weight is 310 g/mol. The van der Waals surface area contributed by atoms with Gasteiger partial charge in [-0.3, -0.25) is 9.59 Å². The molecule has 1 fully saturated rings. The molecule has 2 heterocycles. The smallest absolute Gasteiger partial charge is 0.251 e. The quantitative estimate of drug-likeness (QED) is 0.805.